The smallest absolute Gasteiger partial charge is 0.0558 e. The van der Waals surface area contributed by atoms with Gasteiger partial charge in [0.2, 0.25) is 0 Å². The van der Waals surface area contributed by atoms with Crippen LogP contribution in [-0.2, 0) is 6.54 Å². The van der Waals surface area contributed by atoms with Crippen molar-refractivity contribution in [2.45, 2.75) is 6.54 Å². The van der Waals surface area contributed by atoms with E-state index in [1.807, 2.05) is 18.3 Å². The second-order valence-electron chi connectivity index (χ2n) is 4.16. The Labute approximate surface area is 96.5 Å². The van der Waals surface area contributed by atoms with Gasteiger partial charge in [0, 0.05) is 45.5 Å². The molecule has 1 saturated heterocycles. The molecule has 4 heteroatoms. The molecular weight excluding hydrogens is 202 g/mol. The number of pyridine rings is 1. The van der Waals surface area contributed by atoms with Gasteiger partial charge in [-0.2, -0.15) is 0 Å². The molecule has 0 aromatic carbocycles. The number of aliphatic hydroxyl groups is 1. The summed E-state index contributed by atoms with van der Waals surface area (Å²) >= 11 is 0. The SMILES string of the molecule is OCCN1CCN(Cc2ccccn2)CC1. The van der Waals surface area contributed by atoms with Gasteiger partial charge in [0.05, 0.1) is 12.3 Å². The summed E-state index contributed by atoms with van der Waals surface area (Å²) in [7, 11) is 0. The van der Waals surface area contributed by atoms with Gasteiger partial charge in [0.25, 0.3) is 0 Å². The zero-order chi connectivity index (χ0) is 11.2. The number of rotatable bonds is 4. The van der Waals surface area contributed by atoms with Crippen LogP contribution in [0.1, 0.15) is 5.69 Å². The van der Waals surface area contributed by atoms with E-state index in [2.05, 4.69) is 20.9 Å². The van der Waals surface area contributed by atoms with Crippen molar-refractivity contribution in [3.05, 3.63) is 30.1 Å². The topological polar surface area (TPSA) is 39.6 Å². The highest BCUT2D eigenvalue weighted by molar-refractivity contribution is 5.03. The van der Waals surface area contributed by atoms with Crippen molar-refractivity contribution >= 4 is 0 Å². The summed E-state index contributed by atoms with van der Waals surface area (Å²) in [6.45, 7) is 6.24. The van der Waals surface area contributed by atoms with Crippen LogP contribution in [0.5, 0.6) is 0 Å². The van der Waals surface area contributed by atoms with Crippen molar-refractivity contribution in [1.29, 1.82) is 0 Å². The second-order valence-corrected chi connectivity index (χ2v) is 4.16. The zero-order valence-electron chi connectivity index (χ0n) is 9.55. The number of hydrogen-bond donors (Lipinski definition) is 1. The molecule has 0 spiro atoms. The monoisotopic (exact) mass is 221 g/mol. The van der Waals surface area contributed by atoms with Crippen LogP contribution in [0.15, 0.2) is 24.4 Å². The lowest BCUT2D eigenvalue weighted by Gasteiger charge is -2.34. The van der Waals surface area contributed by atoms with Gasteiger partial charge in [-0.1, -0.05) is 6.07 Å². The van der Waals surface area contributed by atoms with Crippen LogP contribution in [0.2, 0.25) is 0 Å². The molecular formula is C12H19N3O. The Morgan fingerprint density at radius 3 is 2.50 bits per heavy atom. The van der Waals surface area contributed by atoms with Crippen molar-refractivity contribution in [3.63, 3.8) is 0 Å². The van der Waals surface area contributed by atoms with Crippen molar-refractivity contribution in [2.75, 3.05) is 39.3 Å². The number of piperazine rings is 1. The van der Waals surface area contributed by atoms with Crippen LogP contribution in [-0.4, -0.2) is 59.2 Å². The molecule has 88 valence electrons. The van der Waals surface area contributed by atoms with E-state index in [9.17, 15) is 0 Å². The summed E-state index contributed by atoms with van der Waals surface area (Å²) in [5.74, 6) is 0. The molecule has 1 aliphatic heterocycles. The molecule has 0 unspecified atom stereocenters. The van der Waals surface area contributed by atoms with Crippen molar-refractivity contribution in [2.24, 2.45) is 0 Å². The van der Waals surface area contributed by atoms with Gasteiger partial charge in [-0.3, -0.25) is 14.8 Å². The Bertz CT molecular complexity index is 296. The third-order valence-corrected chi connectivity index (χ3v) is 2.99. The first-order chi connectivity index (χ1) is 7.88. The van der Waals surface area contributed by atoms with Crippen LogP contribution in [0.4, 0.5) is 0 Å². The zero-order valence-corrected chi connectivity index (χ0v) is 9.55. The minimum Gasteiger partial charge on any atom is -0.395 e. The average molecular weight is 221 g/mol. The van der Waals surface area contributed by atoms with Gasteiger partial charge in [-0.15, -0.1) is 0 Å². The summed E-state index contributed by atoms with van der Waals surface area (Å²) < 4.78 is 0. The van der Waals surface area contributed by atoms with Gasteiger partial charge >= 0.3 is 0 Å². The number of β-amino-alcohol motifs (C(OH)–C–C–N with tert-alkyl or cyclic N) is 1. The maximum atomic E-state index is 8.85. The second kappa shape index (κ2) is 5.94. The highest BCUT2D eigenvalue weighted by Crippen LogP contribution is 2.05. The number of aliphatic hydroxyl groups excluding tert-OH is 1. The lowest BCUT2D eigenvalue weighted by molar-refractivity contribution is 0.107. The van der Waals surface area contributed by atoms with E-state index < -0.39 is 0 Å². The molecule has 1 aromatic rings. The lowest BCUT2D eigenvalue weighted by Crippen LogP contribution is -2.46. The number of nitrogens with zero attached hydrogens (tertiary/aromatic N) is 3. The quantitative estimate of drug-likeness (QED) is 0.788. The van der Waals surface area contributed by atoms with Gasteiger partial charge < -0.3 is 5.11 Å². The van der Waals surface area contributed by atoms with E-state index in [0.29, 0.717) is 0 Å². The number of aromatic nitrogens is 1. The van der Waals surface area contributed by atoms with Crippen LogP contribution in [0, 0.1) is 0 Å². The molecule has 1 aliphatic rings. The molecule has 1 N–H and O–H groups in total. The van der Waals surface area contributed by atoms with Crippen molar-refractivity contribution in [3.8, 4) is 0 Å². The molecule has 1 fully saturated rings. The Kier molecular flexibility index (Phi) is 4.27. The molecule has 2 heterocycles. The Balaban J connectivity index is 1.77. The summed E-state index contributed by atoms with van der Waals surface area (Å²) in [6, 6.07) is 6.05. The van der Waals surface area contributed by atoms with Gasteiger partial charge in [0.15, 0.2) is 0 Å². The lowest BCUT2D eigenvalue weighted by atomic mass is 10.2. The fourth-order valence-electron chi connectivity index (χ4n) is 2.03. The van der Waals surface area contributed by atoms with E-state index in [1.54, 1.807) is 0 Å². The first-order valence-corrected chi connectivity index (χ1v) is 5.84. The predicted octanol–water partition coefficient (Wildman–Crippen LogP) is 0.191. The van der Waals surface area contributed by atoms with E-state index >= 15 is 0 Å². The molecule has 0 saturated carbocycles. The molecule has 0 amide bonds. The van der Waals surface area contributed by atoms with E-state index in [0.717, 1.165) is 45.0 Å². The molecule has 16 heavy (non-hydrogen) atoms. The standard InChI is InChI=1S/C12H19N3O/c16-10-9-14-5-7-15(8-6-14)11-12-3-1-2-4-13-12/h1-4,16H,5-11H2. The maximum Gasteiger partial charge on any atom is 0.0558 e. The van der Waals surface area contributed by atoms with Crippen LogP contribution < -0.4 is 0 Å². The number of hydrogen-bond acceptors (Lipinski definition) is 4. The fraction of sp³-hybridized carbons (Fsp3) is 0.583. The molecule has 4 nitrogen and oxygen atoms in total. The third kappa shape index (κ3) is 3.27. The molecule has 0 atom stereocenters. The molecule has 0 radical (unpaired) electrons. The summed E-state index contributed by atoms with van der Waals surface area (Å²) in [5.41, 5.74) is 1.14. The van der Waals surface area contributed by atoms with Gasteiger partial charge in [0.1, 0.15) is 0 Å². The highest BCUT2D eigenvalue weighted by atomic mass is 16.3. The largest absolute Gasteiger partial charge is 0.395 e. The van der Waals surface area contributed by atoms with Crippen LogP contribution in [0.3, 0.4) is 0 Å². The van der Waals surface area contributed by atoms with Crippen molar-refractivity contribution < 1.29 is 5.11 Å². The minimum atomic E-state index is 0.264. The van der Waals surface area contributed by atoms with Gasteiger partial charge in [-0.05, 0) is 12.1 Å². The first kappa shape index (κ1) is 11.5. The predicted molar refractivity (Wildman–Crippen MR) is 63.0 cm³/mol. The van der Waals surface area contributed by atoms with E-state index in [-0.39, 0.29) is 6.61 Å². The molecule has 2 rings (SSSR count). The van der Waals surface area contributed by atoms with Crippen LogP contribution in [0.25, 0.3) is 0 Å². The van der Waals surface area contributed by atoms with E-state index in [1.165, 1.54) is 0 Å². The molecule has 1 aromatic heterocycles. The normalized spacial score (nSPS) is 18.8. The Morgan fingerprint density at radius 2 is 1.88 bits per heavy atom. The fourth-order valence-corrected chi connectivity index (χ4v) is 2.03. The highest BCUT2D eigenvalue weighted by Gasteiger charge is 2.16. The average Bonchev–Trinajstić information content (AvgIpc) is 2.33. The maximum absolute atomic E-state index is 8.85. The Hall–Kier alpha value is -0.970. The molecule has 0 bridgehead atoms. The Morgan fingerprint density at radius 1 is 1.12 bits per heavy atom. The summed E-state index contributed by atoms with van der Waals surface area (Å²) in [6.07, 6.45) is 1.84. The minimum absolute atomic E-state index is 0.264. The third-order valence-electron chi connectivity index (χ3n) is 2.99. The summed E-state index contributed by atoms with van der Waals surface area (Å²) in [4.78, 5) is 9.05. The first-order valence-electron chi connectivity index (χ1n) is 5.84. The van der Waals surface area contributed by atoms with Crippen molar-refractivity contribution in [1.82, 2.24) is 14.8 Å². The molecule has 0 aliphatic carbocycles. The van der Waals surface area contributed by atoms with Gasteiger partial charge in [-0.25, -0.2) is 0 Å². The van der Waals surface area contributed by atoms with E-state index in [4.69, 9.17) is 5.11 Å². The summed E-state index contributed by atoms with van der Waals surface area (Å²) in [5, 5.41) is 8.85. The van der Waals surface area contributed by atoms with Crippen LogP contribution >= 0.6 is 0 Å².